The number of carbonyl (C=O) groups is 2. The Balaban J connectivity index is 2.63. The molecule has 21 heavy (non-hydrogen) atoms. The molecular formula is C16H21BrN2O2. The number of amides is 2. The molecule has 1 aliphatic rings. The molecule has 0 spiro atoms. The van der Waals surface area contributed by atoms with Crippen molar-refractivity contribution in [1.82, 2.24) is 5.32 Å². The number of anilines is 1. The van der Waals surface area contributed by atoms with Crippen LogP contribution in [-0.2, 0) is 9.59 Å². The van der Waals surface area contributed by atoms with Gasteiger partial charge >= 0.3 is 0 Å². The summed E-state index contributed by atoms with van der Waals surface area (Å²) in [6.07, 6.45) is 0.586. The molecule has 0 radical (unpaired) electrons. The second-order valence-corrected chi connectivity index (χ2v) is 7.02. The monoisotopic (exact) mass is 352 g/mol. The molecule has 1 fully saturated rings. The zero-order valence-corrected chi connectivity index (χ0v) is 14.7. The van der Waals surface area contributed by atoms with Crippen LogP contribution in [-0.4, -0.2) is 23.4 Å². The van der Waals surface area contributed by atoms with Gasteiger partial charge in [-0.15, -0.1) is 0 Å². The molecule has 1 saturated heterocycles. The number of hydrogen-bond acceptors (Lipinski definition) is 2. The van der Waals surface area contributed by atoms with Crippen LogP contribution in [0.4, 0.5) is 5.69 Å². The summed E-state index contributed by atoms with van der Waals surface area (Å²) in [5, 5.41) is 2.82. The summed E-state index contributed by atoms with van der Waals surface area (Å²) in [5.41, 5.74) is 1.94. The van der Waals surface area contributed by atoms with Gasteiger partial charge < -0.3 is 5.32 Å². The largest absolute Gasteiger partial charge is 0.340 e. The third kappa shape index (κ3) is 2.71. The van der Waals surface area contributed by atoms with Crippen LogP contribution in [0.5, 0.6) is 0 Å². The average molecular weight is 353 g/mol. The number of benzene rings is 1. The van der Waals surface area contributed by atoms with Crippen molar-refractivity contribution in [3.8, 4) is 0 Å². The molecule has 0 bridgehead atoms. The molecule has 4 nitrogen and oxygen atoms in total. The van der Waals surface area contributed by atoms with E-state index in [1.165, 1.54) is 0 Å². The van der Waals surface area contributed by atoms with E-state index in [2.05, 4.69) is 21.2 Å². The molecular weight excluding hydrogens is 332 g/mol. The fourth-order valence-corrected chi connectivity index (χ4v) is 3.60. The van der Waals surface area contributed by atoms with Crippen LogP contribution >= 0.6 is 15.9 Å². The minimum atomic E-state index is -0.880. The maximum Gasteiger partial charge on any atom is 0.252 e. The summed E-state index contributed by atoms with van der Waals surface area (Å²) in [6.45, 7) is 9.34. The van der Waals surface area contributed by atoms with Crippen molar-refractivity contribution >= 4 is 33.4 Å². The van der Waals surface area contributed by atoms with Crippen molar-refractivity contribution in [1.29, 1.82) is 0 Å². The lowest BCUT2D eigenvalue weighted by Crippen LogP contribution is -2.68. The highest BCUT2D eigenvalue weighted by atomic mass is 79.9. The van der Waals surface area contributed by atoms with Crippen molar-refractivity contribution in [3.05, 3.63) is 27.7 Å². The molecule has 0 aromatic heterocycles. The highest BCUT2D eigenvalue weighted by Crippen LogP contribution is 2.34. The highest BCUT2D eigenvalue weighted by molar-refractivity contribution is 9.10. The molecule has 1 aliphatic heterocycles. The van der Waals surface area contributed by atoms with Gasteiger partial charge in [-0.3, -0.25) is 14.5 Å². The number of piperazine rings is 1. The number of hydrogen-bond donors (Lipinski definition) is 1. The van der Waals surface area contributed by atoms with Gasteiger partial charge in [0.25, 0.3) is 5.91 Å². The molecule has 1 aromatic rings. The third-order valence-corrected chi connectivity index (χ3v) is 4.34. The predicted octanol–water partition coefficient (Wildman–Crippen LogP) is 3.09. The summed E-state index contributed by atoms with van der Waals surface area (Å²) in [6, 6.07) is 3.49. The number of nitrogens with one attached hydrogen (secondary N) is 1. The van der Waals surface area contributed by atoms with Gasteiger partial charge in [0.2, 0.25) is 5.91 Å². The van der Waals surface area contributed by atoms with E-state index in [1.807, 2.05) is 32.9 Å². The Morgan fingerprint density at radius 2 is 1.76 bits per heavy atom. The Bertz CT molecular complexity index is 587. The summed E-state index contributed by atoms with van der Waals surface area (Å²) in [4.78, 5) is 26.9. The number of nitrogens with zero attached hydrogens (tertiary/aromatic N) is 1. The van der Waals surface area contributed by atoms with E-state index in [4.69, 9.17) is 0 Å². The van der Waals surface area contributed by atoms with E-state index in [-0.39, 0.29) is 11.8 Å². The van der Waals surface area contributed by atoms with E-state index >= 15 is 0 Å². The quantitative estimate of drug-likeness (QED) is 0.888. The van der Waals surface area contributed by atoms with Gasteiger partial charge in [-0.1, -0.05) is 22.9 Å². The predicted molar refractivity (Wildman–Crippen MR) is 87.4 cm³/mol. The fraction of sp³-hybridized carbons (Fsp3) is 0.500. The van der Waals surface area contributed by atoms with Gasteiger partial charge in [0.1, 0.15) is 11.6 Å². The van der Waals surface area contributed by atoms with Crippen LogP contribution in [0.2, 0.25) is 0 Å². The fourth-order valence-electron chi connectivity index (χ4n) is 2.91. The normalized spacial score (nSPS) is 21.4. The Hall–Kier alpha value is -1.36. The minimum Gasteiger partial charge on any atom is -0.340 e. The summed E-state index contributed by atoms with van der Waals surface area (Å²) in [5.74, 6) is -0.161. The SMILES string of the molecule is CCC1C(=O)NC(C)(C)C(=O)N1c1c(C)cc(Br)cc1C. The molecule has 0 saturated carbocycles. The zero-order chi connectivity index (χ0) is 15.9. The molecule has 5 heteroatoms. The molecule has 1 atom stereocenters. The molecule has 1 aromatic carbocycles. The molecule has 114 valence electrons. The van der Waals surface area contributed by atoms with Gasteiger partial charge in [0.05, 0.1) is 5.69 Å². The van der Waals surface area contributed by atoms with Crippen LogP contribution in [0.3, 0.4) is 0 Å². The van der Waals surface area contributed by atoms with Crippen LogP contribution in [0.15, 0.2) is 16.6 Å². The Labute approximate surface area is 134 Å². The van der Waals surface area contributed by atoms with Gasteiger partial charge in [-0.25, -0.2) is 0 Å². The van der Waals surface area contributed by atoms with Gasteiger partial charge in [-0.05, 0) is 57.4 Å². The van der Waals surface area contributed by atoms with E-state index in [0.717, 1.165) is 21.3 Å². The zero-order valence-electron chi connectivity index (χ0n) is 13.1. The summed E-state index contributed by atoms with van der Waals surface area (Å²) in [7, 11) is 0. The lowest BCUT2D eigenvalue weighted by atomic mass is 9.93. The Morgan fingerprint density at radius 3 is 2.24 bits per heavy atom. The smallest absolute Gasteiger partial charge is 0.252 e. The molecule has 2 amide bonds. The molecule has 1 N–H and O–H groups in total. The van der Waals surface area contributed by atoms with E-state index in [1.54, 1.807) is 18.7 Å². The summed E-state index contributed by atoms with van der Waals surface area (Å²) >= 11 is 3.47. The number of carbonyl (C=O) groups excluding carboxylic acids is 2. The van der Waals surface area contributed by atoms with Crippen LogP contribution in [0.1, 0.15) is 38.3 Å². The lowest BCUT2D eigenvalue weighted by molar-refractivity contribution is -0.137. The van der Waals surface area contributed by atoms with Crippen molar-refractivity contribution in [2.24, 2.45) is 0 Å². The van der Waals surface area contributed by atoms with Crippen LogP contribution < -0.4 is 10.2 Å². The first-order valence-corrected chi connectivity index (χ1v) is 7.90. The Morgan fingerprint density at radius 1 is 1.24 bits per heavy atom. The number of halogens is 1. The molecule has 1 unspecified atom stereocenters. The van der Waals surface area contributed by atoms with Gasteiger partial charge in [-0.2, -0.15) is 0 Å². The minimum absolute atomic E-state index is 0.0672. The van der Waals surface area contributed by atoms with Crippen LogP contribution in [0.25, 0.3) is 0 Å². The first-order valence-electron chi connectivity index (χ1n) is 7.11. The van der Waals surface area contributed by atoms with E-state index < -0.39 is 11.6 Å². The second kappa shape index (κ2) is 5.44. The summed E-state index contributed by atoms with van der Waals surface area (Å²) < 4.78 is 0.975. The number of rotatable bonds is 2. The molecule has 2 rings (SSSR count). The topological polar surface area (TPSA) is 49.4 Å². The lowest BCUT2D eigenvalue weighted by Gasteiger charge is -2.43. The van der Waals surface area contributed by atoms with Crippen LogP contribution in [0, 0.1) is 13.8 Å². The maximum absolute atomic E-state index is 12.9. The first kappa shape index (κ1) is 16.0. The van der Waals surface area contributed by atoms with Crippen molar-refractivity contribution in [2.75, 3.05) is 4.90 Å². The molecule has 1 heterocycles. The number of aryl methyl sites for hydroxylation is 2. The highest BCUT2D eigenvalue weighted by Gasteiger charge is 2.45. The van der Waals surface area contributed by atoms with Crippen molar-refractivity contribution < 1.29 is 9.59 Å². The average Bonchev–Trinajstić information content (AvgIpc) is 2.33. The third-order valence-electron chi connectivity index (χ3n) is 3.89. The first-order chi connectivity index (χ1) is 9.69. The van der Waals surface area contributed by atoms with E-state index in [0.29, 0.717) is 6.42 Å². The standard InChI is InChI=1S/C16H21BrN2O2/c1-6-12-14(20)18-16(4,5)15(21)19(12)13-9(2)7-11(17)8-10(13)3/h7-8,12H,6H2,1-5H3,(H,18,20). The molecule has 0 aliphatic carbocycles. The Kier molecular flexibility index (Phi) is 4.15. The van der Waals surface area contributed by atoms with Crippen molar-refractivity contribution in [2.45, 2.75) is 52.6 Å². The second-order valence-electron chi connectivity index (χ2n) is 6.10. The van der Waals surface area contributed by atoms with E-state index in [9.17, 15) is 9.59 Å². The van der Waals surface area contributed by atoms with Crippen molar-refractivity contribution in [3.63, 3.8) is 0 Å². The van der Waals surface area contributed by atoms with Gasteiger partial charge in [0, 0.05) is 4.47 Å². The van der Waals surface area contributed by atoms with Gasteiger partial charge in [0.15, 0.2) is 0 Å². The maximum atomic E-state index is 12.9.